The van der Waals surface area contributed by atoms with Crippen LogP contribution in [0.1, 0.15) is 29.0 Å². The van der Waals surface area contributed by atoms with E-state index in [9.17, 15) is 19.1 Å². The number of carbonyl (C=O) groups is 1. The van der Waals surface area contributed by atoms with Crippen LogP contribution in [0.15, 0.2) is 58.5 Å². The highest BCUT2D eigenvalue weighted by atomic mass is 32.2. The first-order valence-electron chi connectivity index (χ1n) is 9.00. The quantitative estimate of drug-likeness (QED) is 0.508. The van der Waals surface area contributed by atoms with Gasteiger partial charge in [-0.05, 0) is 29.3 Å². The Morgan fingerprint density at radius 3 is 2.79 bits per heavy atom. The summed E-state index contributed by atoms with van der Waals surface area (Å²) in [6, 6.07) is 13.0. The lowest BCUT2D eigenvalue weighted by Crippen LogP contribution is -2.33. The average molecular weight is 411 g/mol. The molecule has 0 saturated carbocycles. The van der Waals surface area contributed by atoms with Gasteiger partial charge in [0.05, 0.1) is 5.56 Å². The molecule has 0 fully saturated rings. The summed E-state index contributed by atoms with van der Waals surface area (Å²) in [5.41, 5.74) is 1.12. The Kier molecular flexibility index (Phi) is 5.10. The van der Waals surface area contributed by atoms with Gasteiger partial charge in [0.1, 0.15) is 17.4 Å². The van der Waals surface area contributed by atoms with Gasteiger partial charge in [0.2, 0.25) is 5.91 Å². The third-order valence-electron chi connectivity index (χ3n) is 4.89. The monoisotopic (exact) mass is 411 g/mol. The Balaban J connectivity index is 1.73. The first-order valence-corrected chi connectivity index (χ1v) is 9.98. The lowest BCUT2D eigenvalue weighted by molar-refractivity contribution is -0.116. The van der Waals surface area contributed by atoms with Crippen molar-refractivity contribution in [2.75, 3.05) is 5.32 Å². The summed E-state index contributed by atoms with van der Waals surface area (Å²) in [6.07, 6.45) is 0.0924. The number of phenolic OH excluding ortho intramolecular Hbond substituents is 1. The fraction of sp³-hybridized carbons (Fsp3) is 0.190. The third-order valence-corrected chi connectivity index (χ3v) is 5.97. The smallest absolute Gasteiger partial charge is 0.279 e. The van der Waals surface area contributed by atoms with Crippen molar-refractivity contribution >= 4 is 23.5 Å². The van der Waals surface area contributed by atoms with Crippen LogP contribution in [0.25, 0.3) is 0 Å². The highest BCUT2D eigenvalue weighted by Crippen LogP contribution is 2.37. The first kappa shape index (κ1) is 19.2. The van der Waals surface area contributed by atoms with Gasteiger partial charge >= 0.3 is 0 Å². The first-order chi connectivity index (χ1) is 13.9. The number of aromatic hydroxyl groups is 1. The lowest BCUT2D eigenvalue weighted by atomic mass is 9.86. The molecule has 8 heteroatoms. The van der Waals surface area contributed by atoms with Gasteiger partial charge in [-0.2, -0.15) is 4.98 Å². The van der Waals surface area contributed by atoms with Crippen LogP contribution >= 0.6 is 11.8 Å². The molecule has 2 heterocycles. The maximum absolute atomic E-state index is 13.9. The number of halogens is 1. The molecule has 1 aliphatic heterocycles. The van der Waals surface area contributed by atoms with E-state index in [0.29, 0.717) is 33.4 Å². The van der Waals surface area contributed by atoms with E-state index in [1.165, 1.54) is 23.9 Å². The number of nitrogens with one attached hydrogen (secondary N) is 1. The number of carbonyl (C=O) groups excluding carboxylic acids is 1. The van der Waals surface area contributed by atoms with Crippen LogP contribution in [0.4, 0.5) is 10.2 Å². The summed E-state index contributed by atoms with van der Waals surface area (Å²) >= 11 is 1.22. The second-order valence-corrected chi connectivity index (χ2v) is 7.74. The van der Waals surface area contributed by atoms with E-state index < -0.39 is 11.5 Å². The van der Waals surface area contributed by atoms with Crippen molar-refractivity contribution in [3.63, 3.8) is 0 Å². The van der Waals surface area contributed by atoms with Crippen molar-refractivity contribution in [3.8, 4) is 5.75 Å². The summed E-state index contributed by atoms with van der Waals surface area (Å²) in [4.78, 5) is 29.4. The van der Waals surface area contributed by atoms with Gasteiger partial charge < -0.3 is 15.0 Å². The Morgan fingerprint density at radius 1 is 1.24 bits per heavy atom. The number of anilines is 1. The number of hydrogen-bond donors (Lipinski definition) is 2. The minimum Gasteiger partial charge on any atom is -0.508 e. The van der Waals surface area contributed by atoms with E-state index >= 15 is 0 Å². The minimum absolute atomic E-state index is 0.0666. The van der Waals surface area contributed by atoms with E-state index in [2.05, 4.69) is 10.3 Å². The molecular formula is C21H18FN3O3S. The second-order valence-electron chi connectivity index (χ2n) is 6.80. The fourth-order valence-corrected chi connectivity index (χ4v) is 4.40. The SMILES string of the molecule is Cn1c(SCc2ccccc2F)nc(=O)c2c1NC(=O)C[C@H]2c1cccc(O)c1. The molecule has 1 aromatic heterocycles. The number of thioether (sulfide) groups is 1. The molecule has 4 rings (SSSR count). The zero-order valence-electron chi connectivity index (χ0n) is 15.6. The van der Waals surface area contributed by atoms with Gasteiger partial charge in [0, 0.05) is 25.1 Å². The van der Waals surface area contributed by atoms with Crippen LogP contribution in [0.2, 0.25) is 0 Å². The highest BCUT2D eigenvalue weighted by Gasteiger charge is 2.32. The second kappa shape index (κ2) is 7.71. The Labute approximate surface area is 170 Å². The predicted molar refractivity (Wildman–Crippen MR) is 109 cm³/mol. The van der Waals surface area contributed by atoms with Crippen molar-refractivity contribution in [1.82, 2.24) is 9.55 Å². The number of nitrogens with zero attached hydrogens (tertiary/aromatic N) is 2. The molecule has 0 unspecified atom stereocenters. The Bertz CT molecular complexity index is 1160. The van der Waals surface area contributed by atoms with Crippen LogP contribution in [0.5, 0.6) is 5.75 Å². The average Bonchev–Trinajstić information content (AvgIpc) is 2.70. The minimum atomic E-state index is -0.498. The van der Waals surface area contributed by atoms with Crippen LogP contribution in [-0.2, 0) is 17.6 Å². The molecule has 148 valence electrons. The van der Waals surface area contributed by atoms with Gasteiger partial charge in [-0.25, -0.2) is 4.39 Å². The van der Waals surface area contributed by atoms with E-state index in [4.69, 9.17) is 0 Å². The van der Waals surface area contributed by atoms with Gasteiger partial charge in [-0.3, -0.25) is 9.59 Å². The van der Waals surface area contributed by atoms with Crippen molar-refractivity contribution in [3.05, 3.63) is 81.4 Å². The molecule has 1 amide bonds. The molecule has 2 aromatic carbocycles. The Morgan fingerprint density at radius 2 is 2.03 bits per heavy atom. The van der Waals surface area contributed by atoms with Gasteiger partial charge in [-0.15, -0.1) is 0 Å². The normalized spacial score (nSPS) is 15.7. The standard InChI is InChI=1S/C21H18FN3O3S/c1-25-19-18(15(10-17(27)23-19)12-6-4-7-14(26)9-12)20(28)24-21(25)29-11-13-5-2-3-8-16(13)22/h2-9,15,26H,10-11H2,1H3,(H,23,27)/t15-/m0/s1. The molecule has 0 spiro atoms. The van der Waals surface area contributed by atoms with Crippen LogP contribution < -0.4 is 10.9 Å². The summed E-state index contributed by atoms with van der Waals surface area (Å²) in [5, 5.41) is 12.9. The van der Waals surface area contributed by atoms with Gasteiger partial charge in [0.15, 0.2) is 5.16 Å². The molecule has 1 aliphatic rings. The van der Waals surface area contributed by atoms with Gasteiger partial charge in [-0.1, -0.05) is 42.1 Å². The third kappa shape index (κ3) is 3.75. The van der Waals surface area contributed by atoms with Crippen molar-refractivity contribution < 1.29 is 14.3 Å². The number of hydrogen-bond acceptors (Lipinski definition) is 5. The number of phenols is 1. The van der Waals surface area contributed by atoms with Crippen LogP contribution in [0.3, 0.4) is 0 Å². The topological polar surface area (TPSA) is 84.2 Å². The molecule has 6 nitrogen and oxygen atoms in total. The summed E-state index contributed by atoms with van der Waals surface area (Å²) < 4.78 is 15.5. The molecular weight excluding hydrogens is 393 g/mol. The maximum atomic E-state index is 13.9. The van der Waals surface area contributed by atoms with E-state index in [0.717, 1.165) is 0 Å². The van der Waals surface area contributed by atoms with Gasteiger partial charge in [0.25, 0.3) is 5.56 Å². The fourth-order valence-electron chi connectivity index (χ4n) is 3.45. The molecule has 0 saturated heterocycles. The maximum Gasteiger partial charge on any atom is 0.279 e. The van der Waals surface area contributed by atoms with E-state index in [-0.39, 0.29) is 23.9 Å². The summed E-state index contributed by atoms with van der Waals surface area (Å²) in [5.74, 6) is -0.294. The van der Waals surface area contributed by atoms with Crippen molar-refractivity contribution in [2.45, 2.75) is 23.2 Å². The largest absolute Gasteiger partial charge is 0.508 e. The molecule has 0 bridgehead atoms. The molecule has 1 atom stereocenters. The van der Waals surface area contributed by atoms with E-state index in [1.54, 1.807) is 48.0 Å². The zero-order valence-corrected chi connectivity index (χ0v) is 16.4. The van der Waals surface area contributed by atoms with Crippen LogP contribution in [0, 0.1) is 5.82 Å². The van der Waals surface area contributed by atoms with E-state index in [1.807, 2.05) is 0 Å². The van der Waals surface area contributed by atoms with Crippen LogP contribution in [-0.4, -0.2) is 20.6 Å². The molecule has 2 N–H and O–H groups in total. The molecule has 29 heavy (non-hydrogen) atoms. The zero-order chi connectivity index (χ0) is 20.5. The lowest BCUT2D eigenvalue weighted by Gasteiger charge is -2.27. The number of benzene rings is 2. The predicted octanol–water partition coefficient (Wildman–Crippen LogP) is 3.39. The van der Waals surface area contributed by atoms with Crippen molar-refractivity contribution in [2.24, 2.45) is 7.05 Å². The molecule has 0 radical (unpaired) electrons. The number of aromatic nitrogens is 2. The summed E-state index contributed by atoms with van der Waals surface area (Å²) in [6.45, 7) is 0. The number of rotatable bonds is 4. The number of fused-ring (bicyclic) bond motifs is 1. The number of amides is 1. The molecule has 3 aromatic rings. The summed E-state index contributed by atoms with van der Waals surface area (Å²) in [7, 11) is 1.71. The highest BCUT2D eigenvalue weighted by molar-refractivity contribution is 7.98. The van der Waals surface area contributed by atoms with Crippen molar-refractivity contribution in [1.29, 1.82) is 0 Å². The Hall–Kier alpha value is -3.13. The molecule has 0 aliphatic carbocycles.